The van der Waals surface area contributed by atoms with Gasteiger partial charge in [-0.2, -0.15) is 5.10 Å². The van der Waals surface area contributed by atoms with Crippen LogP contribution < -0.4 is 11.1 Å². The molecule has 0 atom stereocenters. The summed E-state index contributed by atoms with van der Waals surface area (Å²) in [5.74, 6) is 0.118. The van der Waals surface area contributed by atoms with E-state index in [0.717, 1.165) is 16.8 Å². The van der Waals surface area contributed by atoms with Gasteiger partial charge in [0.1, 0.15) is 11.4 Å². The third kappa shape index (κ3) is 2.20. The third-order valence-electron chi connectivity index (χ3n) is 2.87. The van der Waals surface area contributed by atoms with Crippen molar-refractivity contribution in [2.75, 3.05) is 11.1 Å². The first-order chi connectivity index (χ1) is 8.49. The van der Waals surface area contributed by atoms with Crippen LogP contribution >= 0.6 is 0 Å². The van der Waals surface area contributed by atoms with Gasteiger partial charge < -0.3 is 11.1 Å². The largest absolute Gasteiger partial charge is 0.383 e. The van der Waals surface area contributed by atoms with E-state index in [0.29, 0.717) is 11.4 Å². The average molecular weight is 244 g/mol. The summed E-state index contributed by atoms with van der Waals surface area (Å²) in [5, 5.41) is 6.80. The molecular formula is C13H16N4O. The highest BCUT2D eigenvalue weighted by Crippen LogP contribution is 2.18. The highest BCUT2D eigenvalue weighted by Gasteiger charge is 2.14. The van der Waals surface area contributed by atoms with Gasteiger partial charge in [-0.05, 0) is 31.0 Å². The molecule has 0 fully saturated rings. The van der Waals surface area contributed by atoms with Gasteiger partial charge >= 0.3 is 0 Å². The lowest BCUT2D eigenvalue weighted by atomic mass is 10.1. The van der Waals surface area contributed by atoms with Gasteiger partial charge in [0.2, 0.25) is 0 Å². The van der Waals surface area contributed by atoms with Crippen LogP contribution in [-0.2, 0) is 7.05 Å². The SMILES string of the molecule is Cc1ccc(C)c(NC(=O)c2cnn(C)c2N)c1. The van der Waals surface area contributed by atoms with Gasteiger partial charge in [-0.1, -0.05) is 12.1 Å². The van der Waals surface area contributed by atoms with Crippen molar-refractivity contribution in [3.05, 3.63) is 41.1 Å². The summed E-state index contributed by atoms with van der Waals surface area (Å²) in [6.45, 7) is 3.93. The first-order valence-corrected chi connectivity index (χ1v) is 5.65. The second-order valence-corrected chi connectivity index (χ2v) is 4.34. The van der Waals surface area contributed by atoms with Crippen molar-refractivity contribution in [2.24, 2.45) is 7.05 Å². The number of benzene rings is 1. The minimum Gasteiger partial charge on any atom is -0.383 e. The van der Waals surface area contributed by atoms with E-state index >= 15 is 0 Å². The topological polar surface area (TPSA) is 72.9 Å². The molecule has 0 saturated carbocycles. The van der Waals surface area contributed by atoms with Crippen LogP contribution in [-0.4, -0.2) is 15.7 Å². The zero-order valence-electron chi connectivity index (χ0n) is 10.7. The fraction of sp³-hybridized carbons (Fsp3) is 0.231. The van der Waals surface area contributed by atoms with Crippen molar-refractivity contribution in [2.45, 2.75) is 13.8 Å². The van der Waals surface area contributed by atoms with Gasteiger partial charge in [0.15, 0.2) is 0 Å². The Bertz CT molecular complexity index is 601. The molecule has 0 bridgehead atoms. The summed E-state index contributed by atoms with van der Waals surface area (Å²) in [4.78, 5) is 12.1. The molecular weight excluding hydrogens is 228 g/mol. The van der Waals surface area contributed by atoms with Crippen LogP contribution in [0, 0.1) is 13.8 Å². The maximum atomic E-state index is 12.1. The van der Waals surface area contributed by atoms with Crippen LogP contribution in [0.5, 0.6) is 0 Å². The lowest BCUT2D eigenvalue weighted by Crippen LogP contribution is -2.14. The van der Waals surface area contributed by atoms with E-state index in [2.05, 4.69) is 10.4 Å². The van der Waals surface area contributed by atoms with E-state index in [1.807, 2.05) is 32.0 Å². The molecule has 0 spiro atoms. The van der Waals surface area contributed by atoms with E-state index in [1.54, 1.807) is 7.05 Å². The fourth-order valence-corrected chi connectivity index (χ4v) is 1.68. The molecule has 1 amide bonds. The molecule has 2 rings (SSSR count). The maximum Gasteiger partial charge on any atom is 0.261 e. The molecule has 2 aromatic rings. The zero-order chi connectivity index (χ0) is 13.3. The number of nitrogen functional groups attached to an aromatic ring is 1. The number of amides is 1. The number of nitrogens with two attached hydrogens (primary N) is 1. The van der Waals surface area contributed by atoms with Gasteiger partial charge in [-0.3, -0.25) is 9.48 Å². The fourth-order valence-electron chi connectivity index (χ4n) is 1.68. The highest BCUT2D eigenvalue weighted by atomic mass is 16.1. The summed E-state index contributed by atoms with van der Waals surface area (Å²) < 4.78 is 1.47. The zero-order valence-corrected chi connectivity index (χ0v) is 10.7. The Morgan fingerprint density at radius 2 is 2.11 bits per heavy atom. The number of aryl methyl sites for hydroxylation is 3. The molecule has 0 aliphatic carbocycles. The Morgan fingerprint density at radius 1 is 1.39 bits per heavy atom. The molecule has 5 heteroatoms. The Labute approximate surface area is 106 Å². The van der Waals surface area contributed by atoms with E-state index in [9.17, 15) is 4.79 Å². The summed E-state index contributed by atoms with van der Waals surface area (Å²) in [7, 11) is 1.70. The van der Waals surface area contributed by atoms with Gasteiger partial charge in [0.25, 0.3) is 5.91 Å². The second kappa shape index (κ2) is 4.52. The Hall–Kier alpha value is -2.30. The first kappa shape index (κ1) is 12.2. The molecule has 5 nitrogen and oxygen atoms in total. The lowest BCUT2D eigenvalue weighted by Gasteiger charge is -2.08. The molecule has 1 aromatic carbocycles. The van der Waals surface area contributed by atoms with Gasteiger partial charge in [0, 0.05) is 12.7 Å². The second-order valence-electron chi connectivity index (χ2n) is 4.34. The van der Waals surface area contributed by atoms with Crippen molar-refractivity contribution in [1.29, 1.82) is 0 Å². The molecule has 0 aliphatic heterocycles. The Kier molecular flexibility index (Phi) is 3.06. The monoisotopic (exact) mass is 244 g/mol. The van der Waals surface area contributed by atoms with Crippen LogP contribution in [0.4, 0.5) is 11.5 Å². The van der Waals surface area contributed by atoms with Crippen LogP contribution in [0.1, 0.15) is 21.5 Å². The van der Waals surface area contributed by atoms with Gasteiger partial charge in [-0.25, -0.2) is 0 Å². The van der Waals surface area contributed by atoms with E-state index < -0.39 is 0 Å². The summed E-state index contributed by atoms with van der Waals surface area (Å²) in [6.07, 6.45) is 1.47. The number of anilines is 2. The van der Waals surface area contributed by atoms with Crippen molar-refractivity contribution >= 4 is 17.4 Å². The number of nitrogens with zero attached hydrogens (tertiary/aromatic N) is 2. The Balaban J connectivity index is 2.27. The number of hydrogen-bond donors (Lipinski definition) is 2. The lowest BCUT2D eigenvalue weighted by molar-refractivity contribution is 0.102. The summed E-state index contributed by atoms with van der Waals surface area (Å²) >= 11 is 0. The molecule has 0 saturated heterocycles. The molecule has 0 unspecified atom stereocenters. The van der Waals surface area contributed by atoms with Crippen molar-refractivity contribution < 1.29 is 4.79 Å². The third-order valence-corrected chi connectivity index (χ3v) is 2.87. The minimum atomic E-state index is -0.241. The normalized spacial score (nSPS) is 10.4. The van der Waals surface area contributed by atoms with E-state index in [-0.39, 0.29) is 5.91 Å². The molecule has 94 valence electrons. The van der Waals surface area contributed by atoms with E-state index in [4.69, 9.17) is 5.73 Å². The predicted octanol–water partition coefficient (Wildman–Crippen LogP) is 1.87. The quantitative estimate of drug-likeness (QED) is 0.847. The first-order valence-electron chi connectivity index (χ1n) is 5.65. The number of carbonyl (C=O) groups excluding carboxylic acids is 1. The van der Waals surface area contributed by atoms with E-state index in [1.165, 1.54) is 10.9 Å². The van der Waals surface area contributed by atoms with Crippen LogP contribution in [0.25, 0.3) is 0 Å². The number of hydrogen-bond acceptors (Lipinski definition) is 3. The van der Waals surface area contributed by atoms with Crippen molar-refractivity contribution in [3.8, 4) is 0 Å². The van der Waals surface area contributed by atoms with Crippen molar-refractivity contribution in [1.82, 2.24) is 9.78 Å². The summed E-state index contributed by atoms with van der Waals surface area (Å²) in [6, 6.07) is 5.90. The molecule has 18 heavy (non-hydrogen) atoms. The Morgan fingerprint density at radius 3 is 2.72 bits per heavy atom. The van der Waals surface area contributed by atoms with Crippen LogP contribution in [0.2, 0.25) is 0 Å². The van der Waals surface area contributed by atoms with Crippen molar-refractivity contribution in [3.63, 3.8) is 0 Å². The van der Waals surface area contributed by atoms with Crippen LogP contribution in [0.15, 0.2) is 24.4 Å². The maximum absolute atomic E-state index is 12.1. The number of aromatic nitrogens is 2. The van der Waals surface area contributed by atoms with Gasteiger partial charge in [0.05, 0.1) is 6.20 Å². The minimum absolute atomic E-state index is 0.241. The molecule has 1 heterocycles. The average Bonchev–Trinajstić information content (AvgIpc) is 2.65. The molecule has 1 aromatic heterocycles. The number of carbonyl (C=O) groups is 1. The smallest absolute Gasteiger partial charge is 0.261 e. The molecule has 0 aliphatic rings. The van der Waals surface area contributed by atoms with Crippen LogP contribution in [0.3, 0.4) is 0 Å². The highest BCUT2D eigenvalue weighted by molar-refractivity contribution is 6.07. The number of nitrogens with one attached hydrogen (secondary N) is 1. The summed E-state index contributed by atoms with van der Waals surface area (Å²) in [5.41, 5.74) is 9.05. The van der Waals surface area contributed by atoms with Gasteiger partial charge in [-0.15, -0.1) is 0 Å². The number of rotatable bonds is 2. The standard InChI is InChI=1S/C13H16N4O/c1-8-4-5-9(2)11(6-8)16-13(18)10-7-15-17(3)12(10)14/h4-7H,14H2,1-3H3,(H,16,18). The molecule has 3 N–H and O–H groups in total. The predicted molar refractivity (Wildman–Crippen MR) is 71.5 cm³/mol. The molecule has 0 radical (unpaired) electrons.